The first kappa shape index (κ1) is 17.8. The second kappa shape index (κ2) is 8.93. The maximum absolute atomic E-state index is 12.1. The van der Waals surface area contributed by atoms with Crippen molar-refractivity contribution in [3.63, 3.8) is 0 Å². The van der Waals surface area contributed by atoms with Crippen molar-refractivity contribution < 1.29 is 9.53 Å². The van der Waals surface area contributed by atoms with Gasteiger partial charge in [0.15, 0.2) is 0 Å². The molecule has 0 heterocycles. The minimum absolute atomic E-state index is 0.0373. The van der Waals surface area contributed by atoms with Crippen molar-refractivity contribution in [2.24, 2.45) is 0 Å². The Labute approximate surface area is 143 Å². The van der Waals surface area contributed by atoms with Gasteiger partial charge in [-0.2, -0.15) is 0 Å². The summed E-state index contributed by atoms with van der Waals surface area (Å²) in [4.78, 5) is 14.2. The zero-order valence-corrected chi connectivity index (χ0v) is 14.5. The SMILES string of the molecule is COc1ccc(Nc2ccc(C(=O)NCCCN(C)C)cc2)cc1. The van der Waals surface area contributed by atoms with Crippen molar-refractivity contribution in [2.45, 2.75) is 6.42 Å². The second-order valence-corrected chi connectivity index (χ2v) is 5.84. The molecule has 2 aromatic carbocycles. The number of nitrogens with one attached hydrogen (secondary N) is 2. The summed E-state index contributed by atoms with van der Waals surface area (Å²) in [6, 6.07) is 15.2. The summed E-state index contributed by atoms with van der Waals surface area (Å²) in [5.41, 5.74) is 2.57. The zero-order valence-electron chi connectivity index (χ0n) is 14.5. The van der Waals surface area contributed by atoms with E-state index >= 15 is 0 Å². The topological polar surface area (TPSA) is 53.6 Å². The number of carbonyl (C=O) groups excluding carboxylic acids is 1. The lowest BCUT2D eigenvalue weighted by molar-refractivity contribution is 0.0952. The highest BCUT2D eigenvalue weighted by molar-refractivity contribution is 5.94. The van der Waals surface area contributed by atoms with Gasteiger partial charge in [-0.05, 0) is 75.6 Å². The van der Waals surface area contributed by atoms with E-state index in [1.807, 2.05) is 62.6 Å². The van der Waals surface area contributed by atoms with Gasteiger partial charge in [0.1, 0.15) is 5.75 Å². The van der Waals surface area contributed by atoms with Crippen LogP contribution in [-0.4, -0.2) is 45.1 Å². The molecule has 0 spiro atoms. The van der Waals surface area contributed by atoms with E-state index in [9.17, 15) is 4.79 Å². The predicted octanol–water partition coefficient (Wildman–Crippen LogP) is 3.12. The van der Waals surface area contributed by atoms with Gasteiger partial charge in [-0.1, -0.05) is 0 Å². The average Bonchev–Trinajstić information content (AvgIpc) is 2.59. The molecule has 1 amide bonds. The maximum Gasteiger partial charge on any atom is 0.251 e. The molecule has 2 aromatic rings. The van der Waals surface area contributed by atoms with Crippen LogP contribution in [0.4, 0.5) is 11.4 Å². The van der Waals surface area contributed by atoms with Crippen molar-refractivity contribution in [3.8, 4) is 5.75 Å². The molecule has 0 aromatic heterocycles. The Balaban J connectivity index is 1.86. The van der Waals surface area contributed by atoms with E-state index in [4.69, 9.17) is 4.74 Å². The van der Waals surface area contributed by atoms with Crippen LogP contribution in [0.25, 0.3) is 0 Å². The van der Waals surface area contributed by atoms with Crippen molar-refractivity contribution in [1.29, 1.82) is 0 Å². The lowest BCUT2D eigenvalue weighted by atomic mass is 10.2. The molecule has 0 aliphatic rings. The molecule has 2 rings (SSSR count). The predicted molar refractivity (Wildman–Crippen MR) is 98.2 cm³/mol. The number of hydrogen-bond acceptors (Lipinski definition) is 4. The molecule has 0 radical (unpaired) electrons. The number of hydrogen-bond donors (Lipinski definition) is 2. The van der Waals surface area contributed by atoms with E-state index in [0.29, 0.717) is 12.1 Å². The molecule has 0 fully saturated rings. The second-order valence-electron chi connectivity index (χ2n) is 5.84. The summed E-state index contributed by atoms with van der Waals surface area (Å²) in [5.74, 6) is 0.784. The van der Waals surface area contributed by atoms with Crippen LogP contribution in [0.5, 0.6) is 5.75 Å². The molecule has 0 unspecified atom stereocenters. The largest absolute Gasteiger partial charge is 0.497 e. The van der Waals surface area contributed by atoms with Crippen molar-refractivity contribution in [1.82, 2.24) is 10.2 Å². The minimum Gasteiger partial charge on any atom is -0.497 e. The summed E-state index contributed by atoms with van der Waals surface area (Å²) in [7, 11) is 5.69. The van der Waals surface area contributed by atoms with Gasteiger partial charge < -0.3 is 20.3 Å². The van der Waals surface area contributed by atoms with Gasteiger partial charge in [0.2, 0.25) is 0 Å². The molecular weight excluding hydrogens is 302 g/mol. The molecule has 0 aliphatic carbocycles. The summed E-state index contributed by atoms with van der Waals surface area (Å²) < 4.78 is 5.14. The minimum atomic E-state index is -0.0373. The van der Waals surface area contributed by atoms with Crippen LogP contribution in [0.1, 0.15) is 16.8 Å². The van der Waals surface area contributed by atoms with Gasteiger partial charge in [0.05, 0.1) is 7.11 Å². The molecule has 0 aliphatic heterocycles. The normalized spacial score (nSPS) is 10.5. The molecule has 0 saturated heterocycles. The number of amides is 1. The third kappa shape index (κ3) is 5.59. The van der Waals surface area contributed by atoms with E-state index in [2.05, 4.69) is 15.5 Å². The maximum atomic E-state index is 12.1. The molecule has 5 nitrogen and oxygen atoms in total. The van der Waals surface area contributed by atoms with Gasteiger partial charge in [-0.3, -0.25) is 4.79 Å². The van der Waals surface area contributed by atoms with Crippen LogP contribution >= 0.6 is 0 Å². The van der Waals surface area contributed by atoms with Crippen LogP contribution < -0.4 is 15.4 Å². The first-order chi connectivity index (χ1) is 11.6. The Morgan fingerprint density at radius 2 is 1.58 bits per heavy atom. The van der Waals surface area contributed by atoms with E-state index in [1.54, 1.807) is 7.11 Å². The summed E-state index contributed by atoms with van der Waals surface area (Å²) in [6.07, 6.45) is 0.940. The first-order valence-corrected chi connectivity index (χ1v) is 8.02. The Hall–Kier alpha value is -2.53. The number of nitrogens with zero attached hydrogens (tertiary/aromatic N) is 1. The third-order valence-corrected chi connectivity index (χ3v) is 3.59. The molecule has 0 atom stereocenters. The van der Waals surface area contributed by atoms with Crippen molar-refractivity contribution >= 4 is 17.3 Å². The lowest BCUT2D eigenvalue weighted by Gasteiger charge is -2.10. The highest BCUT2D eigenvalue weighted by Gasteiger charge is 2.05. The highest BCUT2D eigenvalue weighted by atomic mass is 16.5. The molecular formula is C19H25N3O2. The van der Waals surface area contributed by atoms with Crippen molar-refractivity contribution in [3.05, 3.63) is 54.1 Å². The number of methoxy groups -OCH3 is 1. The van der Waals surface area contributed by atoms with Gasteiger partial charge in [-0.15, -0.1) is 0 Å². The zero-order chi connectivity index (χ0) is 17.4. The number of anilines is 2. The molecule has 2 N–H and O–H groups in total. The van der Waals surface area contributed by atoms with Crippen LogP contribution in [0.2, 0.25) is 0 Å². The van der Waals surface area contributed by atoms with Gasteiger partial charge in [-0.25, -0.2) is 0 Å². The Bertz CT molecular complexity index is 637. The molecule has 24 heavy (non-hydrogen) atoms. The Kier molecular flexibility index (Phi) is 6.63. The number of benzene rings is 2. The first-order valence-electron chi connectivity index (χ1n) is 8.02. The highest BCUT2D eigenvalue weighted by Crippen LogP contribution is 2.20. The number of rotatable bonds is 8. The standard InChI is InChI=1S/C19H25N3O2/c1-22(2)14-4-13-20-19(23)15-5-7-16(8-6-15)21-17-9-11-18(24-3)12-10-17/h5-12,21H,4,13-14H2,1-3H3,(H,20,23). The molecule has 5 heteroatoms. The van der Waals surface area contributed by atoms with Crippen LogP contribution in [0.3, 0.4) is 0 Å². The van der Waals surface area contributed by atoms with Gasteiger partial charge >= 0.3 is 0 Å². The van der Waals surface area contributed by atoms with E-state index in [0.717, 1.165) is 30.1 Å². The molecule has 0 saturated carbocycles. The molecule has 128 valence electrons. The van der Waals surface area contributed by atoms with Gasteiger partial charge in [0.25, 0.3) is 5.91 Å². The van der Waals surface area contributed by atoms with Crippen molar-refractivity contribution in [2.75, 3.05) is 39.6 Å². The quantitative estimate of drug-likeness (QED) is 0.732. The number of carbonyl (C=O) groups is 1. The monoisotopic (exact) mass is 327 g/mol. The summed E-state index contributed by atoms with van der Waals surface area (Å²) in [6.45, 7) is 1.65. The smallest absolute Gasteiger partial charge is 0.251 e. The number of ether oxygens (including phenoxy) is 1. The van der Waals surface area contributed by atoms with E-state index < -0.39 is 0 Å². The Morgan fingerprint density at radius 1 is 1.00 bits per heavy atom. The fourth-order valence-electron chi connectivity index (χ4n) is 2.25. The van der Waals surface area contributed by atoms with Crippen LogP contribution in [0, 0.1) is 0 Å². The van der Waals surface area contributed by atoms with Crippen LogP contribution in [-0.2, 0) is 0 Å². The van der Waals surface area contributed by atoms with E-state index in [1.165, 1.54) is 0 Å². The van der Waals surface area contributed by atoms with Crippen LogP contribution in [0.15, 0.2) is 48.5 Å². The molecule has 0 bridgehead atoms. The van der Waals surface area contributed by atoms with Gasteiger partial charge in [0, 0.05) is 23.5 Å². The Morgan fingerprint density at radius 3 is 2.12 bits per heavy atom. The fourth-order valence-corrected chi connectivity index (χ4v) is 2.25. The average molecular weight is 327 g/mol. The third-order valence-electron chi connectivity index (χ3n) is 3.59. The fraction of sp³-hybridized carbons (Fsp3) is 0.316. The summed E-state index contributed by atoms with van der Waals surface area (Å²) in [5, 5.41) is 6.23. The lowest BCUT2D eigenvalue weighted by Crippen LogP contribution is -2.27. The summed E-state index contributed by atoms with van der Waals surface area (Å²) >= 11 is 0. The van der Waals surface area contributed by atoms with E-state index in [-0.39, 0.29) is 5.91 Å².